The Hall–Kier alpha value is 0.368. The first-order valence-corrected chi connectivity index (χ1v) is 0. The molecule has 0 aromatic carbocycles. The van der Waals surface area contributed by atoms with Crippen molar-refractivity contribution in [2.75, 3.05) is 0 Å². The predicted molar refractivity (Wildman–Crippen MR) is 34.0 cm³/mol. The van der Waals surface area contributed by atoms with E-state index in [1.807, 2.05) is 0 Å². The second-order valence-electron chi connectivity index (χ2n) is 0. The van der Waals surface area contributed by atoms with Crippen molar-refractivity contribution in [2.24, 2.45) is 0 Å². The molecule has 0 aliphatic rings. The van der Waals surface area contributed by atoms with E-state index in [2.05, 4.69) is 0 Å². The van der Waals surface area contributed by atoms with Gasteiger partial charge in [0.1, 0.15) is 0 Å². The van der Waals surface area contributed by atoms with Crippen LogP contribution >= 0.6 is 0 Å². The molecule has 0 saturated heterocycles. The normalized spacial score (nSPS) is 0. The summed E-state index contributed by atoms with van der Waals surface area (Å²) in [4.78, 5) is 0. The summed E-state index contributed by atoms with van der Waals surface area (Å²) in [5, 5.41) is 0. The van der Waals surface area contributed by atoms with Crippen molar-refractivity contribution in [1.82, 2.24) is 36.9 Å². The molecule has 0 unspecified atom stereocenters. The van der Waals surface area contributed by atoms with Crippen molar-refractivity contribution in [3.63, 3.8) is 0 Å². The zero-order chi connectivity index (χ0) is 0. The van der Waals surface area contributed by atoms with E-state index in [0.29, 0.717) is 0 Å². The first-order chi connectivity index (χ1) is 0. The van der Waals surface area contributed by atoms with Crippen LogP contribution in [0.15, 0.2) is 0 Å². The Morgan fingerprint density at radius 3 is 0.333 bits per heavy atom. The summed E-state index contributed by atoms with van der Waals surface area (Å²) >= 11 is 0. The summed E-state index contributed by atoms with van der Waals surface area (Å²) in [6.45, 7) is 0. The van der Waals surface area contributed by atoms with Crippen molar-refractivity contribution in [3.05, 3.63) is 0 Å². The van der Waals surface area contributed by atoms with Gasteiger partial charge in [-0.1, -0.05) is 0 Å². The zero-order valence-electron chi connectivity index (χ0n) is 5.45. The molecule has 0 aliphatic carbocycles. The van der Waals surface area contributed by atoms with Gasteiger partial charge in [0.25, 0.3) is 0 Å². The molecular weight excluding hydrogens is 311 g/mol. The average Bonchev–Trinajstić information content (AvgIpc) is 0. The van der Waals surface area contributed by atoms with Crippen LogP contribution in [0, 0.1) is 0 Å². The maximum absolute atomic E-state index is 0. The average molecular weight is 331 g/mol. The van der Waals surface area contributed by atoms with Crippen LogP contribution in [0.4, 0.5) is 0 Å². The fourth-order valence-electron chi connectivity index (χ4n) is 0. The van der Waals surface area contributed by atoms with Crippen LogP contribution in [0.2, 0.25) is 0 Å². The van der Waals surface area contributed by atoms with Crippen LogP contribution in [-0.4, -0.2) is 11.0 Å². The van der Waals surface area contributed by atoms with Gasteiger partial charge in [-0.15, -0.1) is 0 Å². The standard InChI is InChI=1S/6H3N.2H2O.Pt/h6*1H3;2*1H2;/q;;;;;;;;+2/p-2. The van der Waals surface area contributed by atoms with E-state index in [1.165, 1.54) is 0 Å². The largest absolute Gasteiger partial charge is 2.00 e. The van der Waals surface area contributed by atoms with Crippen LogP contribution in [0.3, 0.4) is 0 Å². The molecule has 0 radical (unpaired) electrons. The molecule has 0 amide bonds. The Labute approximate surface area is 69.5 Å². The van der Waals surface area contributed by atoms with Crippen LogP contribution in [0.25, 0.3) is 0 Å². The monoisotopic (exact) mass is 331 g/mol. The Bertz CT molecular complexity index is 11.0. The van der Waals surface area contributed by atoms with Crippen LogP contribution in [-0.2, 0) is 21.1 Å². The van der Waals surface area contributed by atoms with Gasteiger partial charge in [-0.3, -0.25) is 0 Å². The maximum Gasteiger partial charge on any atom is 2.00 e. The van der Waals surface area contributed by atoms with E-state index in [0.717, 1.165) is 0 Å². The van der Waals surface area contributed by atoms with Crippen LogP contribution in [0.5, 0.6) is 0 Å². The van der Waals surface area contributed by atoms with E-state index in [1.54, 1.807) is 0 Å². The van der Waals surface area contributed by atoms with Gasteiger partial charge in [0.15, 0.2) is 0 Å². The SMILES string of the molecule is N.N.N.N.N.N.[OH-].[OH-].[Pt+2]. The van der Waals surface area contributed by atoms with Crippen LogP contribution in [0.1, 0.15) is 0 Å². The minimum absolute atomic E-state index is 0. The topological polar surface area (TPSA) is 270 Å². The molecular formula is H20N6O2Pt. The maximum atomic E-state index is 0. The Morgan fingerprint density at radius 1 is 0.333 bits per heavy atom. The van der Waals surface area contributed by atoms with Gasteiger partial charge in [-0.2, -0.15) is 0 Å². The summed E-state index contributed by atoms with van der Waals surface area (Å²) in [6.07, 6.45) is 0. The summed E-state index contributed by atoms with van der Waals surface area (Å²) in [5.41, 5.74) is 0. The fourth-order valence-corrected chi connectivity index (χ4v) is 0. The molecule has 0 heterocycles. The zero-order valence-corrected chi connectivity index (χ0v) is 7.73. The van der Waals surface area contributed by atoms with E-state index < -0.39 is 0 Å². The molecule has 9 heteroatoms. The third kappa shape index (κ3) is 2500. The predicted octanol–water partition coefficient (Wildman–Crippen LogP) is 0.616. The van der Waals surface area contributed by atoms with E-state index in [4.69, 9.17) is 0 Å². The molecule has 8 nitrogen and oxygen atoms in total. The van der Waals surface area contributed by atoms with E-state index >= 15 is 0 Å². The number of rotatable bonds is 0. The smallest absolute Gasteiger partial charge is 0.870 e. The van der Waals surface area contributed by atoms with Crippen molar-refractivity contribution < 1.29 is 32.0 Å². The van der Waals surface area contributed by atoms with Crippen molar-refractivity contribution >= 4 is 0 Å². The molecule has 0 saturated carbocycles. The third-order valence-electron chi connectivity index (χ3n) is 0. The summed E-state index contributed by atoms with van der Waals surface area (Å²) in [5.74, 6) is 0. The summed E-state index contributed by atoms with van der Waals surface area (Å²) in [6, 6.07) is 0. The molecule has 0 spiro atoms. The van der Waals surface area contributed by atoms with Gasteiger partial charge in [-0.25, -0.2) is 0 Å². The van der Waals surface area contributed by atoms with Crippen molar-refractivity contribution in [1.29, 1.82) is 0 Å². The number of hydrogen-bond acceptors (Lipinski definition) is 8. The van der Waals surface area contributed by atoms with Crippen molar-refractivity contribution in [2.45, 2.75) is 0 Å². The quantitative estimate of drug-likeness (QED) is 0.364. The van der Waals surface area contributed by atoms with Gasteiger partial charge in [0, 0.05) is 0 Å². The summed E-state index contributed by atoms with van der Waals surface area (Å²) < 4.78 is 0. The number of hydrogen-bond donors (Lipinski definition) is 6. The molecule has 20 N–H and O–H groups in total. The Balaban J connectivity index is 0. The molecule has 0 fully saturated rings. The second kappa shape index (κ2) is 3350. The Kier molecular flexibility index (Phi) is 1800000. The molecule has 0 aliphatic heterocycles. The molecule has 0 bridgehead atoms. The van der Waals surface area contributed by atoms with Gasteiger partial charge in [-0.05, 0) is 0 Å². The van der Waals surface area contributed by atoms with Crippen LogP contribution < -0.4 is 36.9 Å². The summed E-state index contributed by atoms with van der Waals surface area (Å²) in [7, 11) is 0. The molecule has 72 valence electrons. The minimum atomic E-state index is 0. The first kappa shape index (κ1) is 4840. The molecule has 0 aromatic rings. The minimum Gasteiger partial charge on any atom is -0.870 e. The molecule has 0 aromatic heterocycles. The van der Waals surface area contributed by atoms with Crippen molar-refractivity contribution in [3.8, 4) is 0 Å². The van der Waals surface area contributed by atoms with E-state index in [9.17, 15) is 0 Å². The van der Waals surface area contributed by atoms with Gasteiger partial charge in [0.05, 0.1) is 0 Å². The third-order valence-corrected chi connectivity index (χ3v) is 0. The fraction of sp³-hybridized carbons (Fsp3) is 0. The van der Waals surface area contributed by atoms with Gasteiger partial charge >= 0.3 is 21.1 Å². The molecule has 9 heavy (non-hydrogen) atoms. The second-order valence-corrected chi connectivity index (χ2v) is 0. The van der Waals surface area contributed by atoms with Gasteiger partial charge < -0.3 is 47.9 Å². The molecule has 0 atom stereocenters. The first-order valence-electron chi connectivity index (χ1n) is 0. The Morgan fingerprint density at radius 2 is 0.333 bits per heavy atom. The molecule has 0 rings (SSSR count). The van der Waals surface area contributed by atoms with Gasteiger partial charge in [0.2, 0.25) is 0 Å². The van der Waals surface area contributed by atoms with E-state index in [-0.39, 0.29) is 68.9 Å².